The number of nitrogens with zero attached hydrogens (tertiary/aromatic N) is 1. The highest BCUT2D eigenvalue weighted by atomic mass is 16.7. The third-order valence-electron chi connectivity index (χ3n) is 1.53. The van der Waals surface area contributed by atoms with Gasteiger partial charge in [0.15, 0.2) is 5.69 Å². The van der Waals surface area contributed by atoms with E-state index in [9.17, 15) is 9.59 Å². The summed E-state index contributed by atoms with van der Waals surface area (Å²) in [7, 11) is 0. The normalized spacial score (nSPS) is 9.21. The van der Waals surface area contributed by atoms with Gasteiger partial charge in [0, 0.05) is 6.20 Å². The van der Waals surface area contributed by atoms with Crippen molar-refractivity contribution >= 4 is 12.4 Å². The van der Waals surface area contributed by atoms with Gasteiger partial charge in [-0.15, -0.1) is 0 Å². The second-order valence-corrected chi connectivity index (χ2v) is 2.48. The number of hydrogen-bond donors (Lipinski definition) is 0. The van der Waals surface area contributed by atoms with Crippen molar-refractivity contribution in [1.29, 1.82) is 0 Å². The molecule has 0 aliphatic heterocycles. The summed E-state index contributed by atoms with van der Waals surface area (Å²) >= 11 is 0. The summed E-state index contributed by atoms with van der Waals surface area (Å²) < 4.78 is 8.81. The lowest BCUT2D eigenvalue weighted by atomic mass is 10.2. The van der Waals surface area contributed by atoms with E-state index >= 15 is 0 Å². The minimum Gasteiger partial charge on any atom is -0.430 e. The van der Waals surface area contributed by atoms with Crippen molar-refractivity contribution in [3.8, 4) is 0 Å². The van der Waals surface area contributed by atoms with Crippen molar-refractivity contribution in [2.75, 3.05) is 6.79 Å². The molecule has 0 amide bonds. The van der Waals surface area contributed by atoms with E-state index in [1.54, 1.807) is 19.1 Å². The number of ether oxygens (including phenoxy) is 2. The molecule has 1 rings (SSSR count). The average Bonchev–Trinajstić information content (AvgIpc) is 2.18. The number of esters is 1. The van der Waals surface area contributed by atoms with Crippen LogP contribution in [0.2, 0.25) is 0 Å². The second kappa shape index (κ2) is 4.96. The van der Waals surface area contributed by atoms with Crippen molar-refractivity contribution in [1.82, 2.24) is 4.98 Å². The lowest BCUT2D eigenvalue weighted by Gasteiger charge is -2.03. The van der Waals surface area contributed by atoms with Gasteiger partial charge in [-0.2, -0.15) is 0 Å². The first-order chi connectivity index (χ1) is 6.75. The molecule has 0 aliphatic carbocycles. The van der Waals surface area contributed by atoms with E-state index in [2.05, 4.69) is 14.5 Å². The van der Waals surface area contributed by atoms with Crippen LogP contribution in [0.15, 0.2) is 18.3 Å². The lowest BCUT2D eigenvalue weighted by molar-refractivity contribution is -0.136. The third-order valence-corrected chi connectivity index (χ3v) is 1.53. The lowest BCUT2D eigenvalue weighted by Crippen LogP contribution is -2.11. The smallest absolute Gasteiger partial charge is 0.360 e. The van der Waals surface area contributed by atoms with E-state index in [0.717, 1.165) is 0 Å². The molecule has 0 saturated heterocycles. The third kappa shape index (κ3) is 2.55. The molecule has 0 aliphatic rings. The van der Waals surface area contributed by atoms with Crippen LogP contribution in [0, 0.1) is 6.92 Å². The zero-order valence-electron chi connectivity index (χ0n) is 7.60. The zero-order valence-corrected chi connectivity index (χ0v) is 7.60. The zero-order chi connectivity index (χ0) is 10.4. The SMILES string of the molecule is Cc1cccnc1C(=O)OCOC=O. The van der Waals surface area contributed by atoms with E-state index < -0.39 is 12.8 Å². The number of hydrogen-bond acceptors (Lipinski definition) is 5. The molecule has 0 fully saturated rings. The molecule has 0 bridgehead atoms. The molecule has 5 nitrogen and oxygen atoms in total. The molecule has 1 aromatic rings. The molecular formula is C9H9NO4. The fourth-order valence-electron chi connectivity index (χ4n) is 0.883. The van der Waals surface area contributed by atoms with Gasteiger partial charge in [0.05, 0.1) is 0 Å². The van der Waals surface area contributed by atoms with Crippen LogP contribution in [0.5, 0.6) is 0 Å². The highest BCUT2D eigenvalue weighted by Crippen LogP contribution is 2.04. The van der Waals surface area contributed by atoms with E-state index in [-0.39, 0.29) is 12.2 Å². The minimum atomic E-state index is -0.607. The quantitative estimate of drug-likeness (QED) is 0.306. The monoisotopic (exact) mass is 195 g/mol. The molecule has 0 radical (unpaired) electrons. The Labute approximate surface area is 80.7 Å². The van der Waals surface area contributed by atoms with Gasteiger partial charge in [-0.3, -0.25) is 4.79 Å². The molecule has 5 heteroatoms. The van der Waals surface area contributed by atoms with Crippen molar-refractivity contribution in [3.63, 3.8) is 0 Å². The number of pyridine rings is 1. The first-order valence-electron chi connectivity index (χ1n) is 3.89. The Morgan fingerprint density at radius 3 is 3.07 bits per heavy atom. The topological polar surface area (TPSA) is 65.5 Å². The van der Waals surface area contributed by atoms with Crippen molar-refractivity contribution < 1.29 is 19.1 Å². The minimum absolute atomic E-state index is 0.207. The predicted octanol–water partition coefficient (Wildman–Crippen LogP) is 0.677. The Morgan fingerprint density at radius 2 is 2.43 bits per heavy atom. The van der Waals surface area contributed by atoms with Crippen molar-refractivity contribution in [2.24, 2.45) is 0 Å². The Hall–Kier alpha value is -1.91. The standard InChI is InChI=1S/C9H9NO4/c1-7-3-2-4-10-8(7)9(12)14-6-13-5-11/h2-5H,6H2,1H3. The van der Waals surface area contributed by atoms with Gasteiger partial charge >= 0.3 is 5.97 Å². The fourth-order valence-corrected chi connectivity index (χ4v) is 0.883. The molecule has 0 N–H and O–H groups in total. The molecule has 0 spiro atoms. The van der Waals surface area contributed by atoms with E-state index in [1.165, 1.54) is 6.20 Å². The van der Waals surface area contributed by atoms with Gasteiger partial charge < -0.3 is 9.47 Å². The van der Waals surface area contributed by atoms with Crippen LogP contribution in [0.1, 0.15) is 16.1 Å². The van der Waals surface area contributed by atoms with Crippen LogP contribution in [0.25, 0.3) is 0 Å². The van der Waals surface area contributed by atoms with Crippen LogP contribution in [-0.4, -0.2) is 24.2 Å². The Kier molecular flexibility index (Phi) is 3.60. The Balaban J connectivity index is 2.60. The number of aryl methyl sites for hydroxylation is 1. The number of rotatable bonds is 4. The van der Waals surface area contributed by atoms with Gasteiger partial charge in [0.2, 0.25) is 6.79 Å². The van der Waals surface area contributed by atoms with E-state index in [1.807, 2.05) is 0 Å². The summed E-state index contributed by atoms with van der Waals surface area (Å²) in [6.07, 6.45) is 1.49. The van der Waals surface area contributed by atoms with Crippen LogP contribution >= 0.6 is 0 Å². The number of aromatic nitrogens is 1. The van der Waals surface area contributed by atoms with Crippen LogP contribution < -0.4 is 0 Å². The Morgan fingerprint density at radius 1 is 1.64 bits per heavy atom. The maximum absolute atomic E-state index is 11.3. The van der Waals surface area contributed by atoms with Crippen molar-refractivity contribution in [2.45, 2.75) is 6.92 Å². The number of carbonyl (C=O) groups is 2. The second-order valence-electron chi connectivity index (χ2n) is 2.48. The summed E-state index contributed by atoms with van der Waals surface area (Å²) in [5.41, 5.74) is 0.936. The average molecular weight is 195 g/mol. The summed E-state index contributed by atoms with van der Waals surface area (Å²) in [6, 6.07) is 3.46. The van der Waals surface area contributed by atoms with Crippen LogP contribution in [0.3, 0.4) is 0 Å². The van der Waals surface area contributed by atoms with Crippen molar-refractivity contribution in [3.05, 3.63) is 29.6 Å². The summed E-state index contributed by atoms with van der Waals surface area (Å²) in [5.74, 6) is -0.607. The predicted molar refractivity (Wildman–Crippen MR) is 46.4 cm³/mol. The highest BCUT2D eigenvalue weighted by molar-refractivity contribution is 5.88. The molecule has 74 valence electrons. The Bertz CT molecular complexity index is 337. The van der Waals surface area contributed by atoms with Gasteiger partial charge in [0.1, 0.15) is 0 Å². The molecule has 1 aromatic heterocycles. The molecule has 0 saturated carbocycles. The van der Waals surface area contributed by atoms with Gasteiger partial charge in [-0.1, -0.05) is 6.07 Å². The summed E-state index contributed by atoms with van der Waals surface area (Å²) in [6.45, 7) is 1.56. The van der Waals surface area contributed by atoms with E-state index in [0.29, 0.717) is 5.56 Å². The fraction of sp³-hybridized carbons (Fsp3) is 0.222. The molecule has 0 atom stereocenters. The van der Waals surface area contributed by atoms with E-state index in [4.69, 9.17) is 0 Å². The number of carbonyl (C=O) groups excluding carboxylic acids is 2. The highest BCUT2D eigenvalue weighted by Gasteiger charge is 2.10. The van der Waals surface area contributed by atoms with Crippen LogP contribution in [-0.2, 0) is 14.3 Å². The largest absolute Gasteiger partial charge is 0.430 e. The maximum atomic E-state index is 11.3. The van der Waals surface area contributed by atoms with Gasteiger partial charge in [0.25, 0.3) is 6.47 Å². The summed E-state index contributed by atoms with van der Waals surface area (Å²) in [5, 5.41) is 0. The molecule has 0 aromatic carbocycles. The summed E-state index contributed by atoms with van der Waals surface area (Å²) in [4.78, 5) is 24.9. The molecule has 14 heavy (non-hydrogen) atoms. The van der Waals surface area contributed by atoms with Gasteiger partial charge in [-0.25, -0.2) is 9.78 Å². The molecular weight excluding hydrogens is 186 g/mol. The molecule has 0 unspecified atom stereocenters. The van der Waals surface area contributed by atoms with Gasteiger partial charge in [-0.05, 0) is 18.6 Å². The first-order valence-corrected chi connectivity index (χ1v) is 3.89. The molecule has 1 heterocycles. The van der Waals surface area contributed by atoms with Crippen LogP contribution in [0.4, 0.5) is 0 Å². The maximum Gasteiger partial charge on any atom is 0.360 e. The first kappa shape index (κ1) is 10.2.